The van der Waals surface area contributed by atoms with Crippen LogP contribution in [0.15, 0.2) is 12.2 Å². The highest BCUT2D eigenvalue weighted by Crippen LogP contribution is 2.20. The van der Waals surface area contributed by atoms with Crippen LogP contribution in [0.2, 0.25) is 0 Å². The summed E-state index contributed by atoms with van der Waals surface area (Å²) in [6.07, 6.45) is 88.3. The van der Waals surface area contributed by atoms with Gasteiger partial charge in [0.05, 0.1) is 0 Å². The highest BCUT2D eigenvalue weighted by atomic mass is 16.6. The van der Waals surface area contributed by atoms with Crippen LogP contribution in [-0.4, -0.2) is 37.2 Å². The zero-order chi connectivity index (χ0) is 59.9. The number of unbranched alkanes of at least 4 members (excludes halogenated alkanes) is 59. The zero-order valence-electron chi connectivity index (χ0n) is 56.8. The molecule has 0 aromatic rings. The van der Waals surface area contributed by atoms with Crippen molar-refractivity contribution < 1.29 is 28.6 Å². The van der Waals surface area contributed by atoms with Crippen LogP contribution >= 0.6 is 0 Å². The number of hydrogen-bond acceptors (Lipinski definition) is 6. The van der Waals surface area contributed by atoms with Gasteiger partial charge in [0.2, 0.25) is 0 Å². The zero-order valence-corrected chi connectivity index (χ0v) is 56.8. The van der Waals surface area contributed by atoms with E-state index in [2.05, 4.69) is 32.9 Å². The fourth-order valence-corrected chi connectivity index (χ4v) is 12.0. The average Bonchev–Trinajstić information content (AvgIpc) is 3.49. The quantitative estimate of drug-likeness (QED) is 0.0261. The fraction of sp³-hybridized carbons (Fsp3) is 0.935. The van der Waals surface area contributed by atoms with E-state index < -0.39 is 6.10 Å². The summed E-state index contributed by atoms with van der Waals surface area (Å²) in [6.45, 7) is 6.74. The van der Waals surface area contributed by atoms with E-state index in [0.717, 1.165) is 57.8 Å². The van der Waals surface area contributed by atoms with E-state index in [1.807, 2.05) is 0 Å². The van der Waals surface area contributed by atoms with Crippen LogP contribution < -0.4 is 0 Å². The summed E-state index contributed by atoms with van der Waals surface area (Å²) in [5, 5.41) is 0. The molecule has 6 heteroatoms. The molecule has 0 heterocycles. The maximum absolute atomic E-state index is 13.0. The van der Waals surface area contributed by atoms with Crippen LogP contribution in [0.3, 0.4) is 0 Å². The Labute approximate surface area is 520 Å². The molecule has 492 valence electrons. The molecule has 0 rings (SSSR count). The highest BCUT2D eigenvalue weighted by molar-refractivity contribution is 5.71. The summed E-state index contributed by atoms with van der Waals surface area (Å²) in [5.74, 6) is -0.827. The van der Waals surface area contributed by atoms with Gasteiger partial charge in [-0.15, -0.1) is 0 Å². The van der Waals surface area contributed by atoms with Crippen molar-refractivity contribution in [3.63, 3.8) is 0 Å². The molecular formula is C77H148O6. The first-order valence-corrected chi connectivity index (χ1v) is 38.2. The Hall–Kier alpha value is -1.85. The average molecular weight is 1170 g/mol. The third kappa shape index (κ3) is 70.8. The van der Waals surface area contributed by atoms with Crippen LogP contribution in [0.4, 0.5) is 0 Å². The molecule has 0 bridgehead atoms. The summed E-state index contributed by atoms with van der Waals surface area (Å²) < 4.78 is 17.1. The second-order valence-electron chi connectivity index (χ2n) is 26.3. The Morgan fingerprint density at radius 3 is 0.602 bits per heavy atom. The van der Waals surface area contributed by atoms with Gasteiger partial charge in [-0.2, -0.15) is 0 Å². The van der Waals surface area contributed by atoms with E-state index in [1.165, 1.54) is 347 Å². The SMILES string of the molecule is CCCCCCCC/C=C\CCCCCCCCCC(=O)OCC(COC(=O)CCCCCCCCCCCCCCCCCCCCCCCCCCC)OC(=O)CCCCCCCCCCCCCCCCCCCCCCCCC. The molecule has 83 heavy (non-hydrogen) atoms. The standard InChI is InChI=1S/C77H148O6/c1-4-7-10-13-16-19-22-25-28-31-33-35-37-38-40-41-43-46-49-52-55-58-61-64-67-70-76(79)82-73-74(72-81-75(78)69-66-63-60-57-54-51-48-45-30-27-24-21-18-15-12-9-6-3)83-77(80)71-68-65-62-59-56-53-50-47-44-42-39-36-34-32-29-26-23-20-17-14-11-8-5-2/h27,30,74H,4-26,28-29,31-73H2,1-3H3/b30-27-. The molecule has 6 nitrogen and oxygen atoms in total. The molecule has 0 aromatic heterocycles. The lowest BCUT2D eigenvalue weighted by Gasteiger charge is -2.18. The third-order valence-electron chi connectivity index (χ3n) is 17.8. The van der Waals surface area contributed by atoms with Gasteiger partial charge in [0.1, 0.15) is 13.2 Å². The number of carbonyl (C=O) groups excluding carboxylic acids is 3. The van der Waals surface area contributed by atoms with Crippen molar-refractivity contribution in [1.82, 2.24) is 0 Å². The first-order valence-electron chi connectivity index (χ1n) is 38.2. The summed E-state index contributed by atoms with van der Waals surface area (Å²) in [5.41, 5.74) is 0. The molecule has 0 aromatic carbocycles. The molecule has 0 fully saturated rings. The van der Waals surface area contributed by atoms with E-state index in [9.17, 15) is 14.4 Å². The second-order valence-corrected chi connectivity index (χ2v) is 26.3. The lowest BCUT2D eigenvalue weighted by atomic mass is 10.0. The van der Waals surface area contributed by atoms with Gasteiger partial charge in [-0.25, -0.2) is 0 Å². The number of carbonyl (C=O) groups is 3. The molecule has 0 aliphatic rings. The van der Waals surface area contributed by atoms with Crippen LogP contribution in [0.25, 0.3) is 0 Å². The maximum Gasteiger partial charge on any atom is 0.306 e. The van der Waals surface area contributed by atoms with Crippen molar-refractivity contribution in [3.05, 3.63) is 12.2 Å². The number of esters is 3. The van der Waals surface area contributed by atoms with E-state index in [-0.39, 0.29) is 31.1 Å². The van der Waals surface area contributed by atoms with Crippen molar-refractivity contribution in [3.8, 4) is 0 Å². The minimum atomic E-state index is -0.769. The Bertz CT molecular complexity index is 1300. The topological polar surface area (TPSA) is 78.9 Å². The molecule has 0 saturated carbocycles. The van der Waals surface area contributed by atoms with Crippen LogP contribution in [-0.2, 0) is 28.6 Å². The number of hydrogen-bond donors (Lipinski definition) is 0. The van der Waals surface area contributed by atoms with Gasteiger partial charge in [0, 0.05) is 19.3 Å². The van der Waals surface area contributed by atoms with Gasteiger partial charge in [0.15, 0.2) is 6.10 Å². The van der Waals surface area contributed by atoms with Crippen LogP contribution in [0.1, 0.15) is 445 Å². The van der Waals surface area contributed by atoms with E-state index in [0.29, 0.717) is 19.3 Å². The van der Waals surface area contributed by atoms with Crippen molar-refractivity contribution in [2.75, 3.05) is 13.2 Å². The highest BCUT2D eigenvalue weighted by Gasteiger charge is 2.20. The van der Waals surface area contributed by atoms with Gasteiger partial charge in [-0.05, 0) is 44.9 Å². The molecule has 1 atom stereocenters. The number of allylic oxidation sites excluding steroid dienone is 2. The molecule has 0 spiro atoms. The largest absolute Gasteiger partial charge is 0.462 e. The summed E-state index contributed by atoms with van der Waals surface area (Å²) in [4.78, 5) is 38.6. The van der Waals surface area contributed by atoms with Crippen molar-refractivity contribution in [2.24, 2.45) is 0 Å². The van der Waals surface area contributed by atoms with Crippen molar-refractivity contribution >= 4 is 17.9 Å². The smallest absolute Gasteiger partial charge is 0.306 e. The normalized spacial score (nSPS) is 12.0. The van der Waals surface area contributed by atoms with Crippen LogP contribution in [0.5, 0.6) is 0 Å². The van der Waals surface area contributed by atoms with Gasteiger partial charge in [-0.1, -0.05) is 392 Å². The molecule has 0 saturated heterocycles. The second kappa shape index (κ2) is 72.6. The number of rotatable bonds is 72. The molecule has 0 radical (unpaired) electrons. The molecule has 1 unspecified atom stereocenters. The lowest BCUT2D eigenvalue weighted by molar-refractivity contribution is -0.167. The predicted octanol–water partition coefficient (Wildman–Crippen LogP) is 26.3. The molecular weight excluding hydrogens is 1020 g/mol. The van der Waals surface area contributed by atoms with Gasteiger partial charge < -0.3 is 14.2 Å². The van der Waals surface area contributed by atoms with E-state index in [1.54, 1.807) is 0 Å². The summed E-state index contributed by atoms with van der Waals surface area (Å²) >= 11 is 0. The first-order chi connectivity index (χ1) is 41.0. The lowest BCUT2D eigenvalue weighted by Crippen LogP contribution is -2.30. The fourth-order valence-electron chi connectivity index (χ4n) is 12.0. The summed E-state index contributed by atoms with van der Waals surface area (Å²) in [7, 11) is 0. The Morgan fingerprint density at radius 1 is 0.229 bits per heavy atom. The van der Waals surface area contributed by atoms with Gasteiger partial charge in [-0.3, -0.25) is 14.4 Å². The monoisotopic (exact) mass is 1170 g/mol. The molecule has 0 amide bonds. The minimum Gasteiger partial charge on any atom is -0.462 e. The van der Waals surface area contributed by atoms with Crippen molar-refractivity contribution in [2.45, 2.75) is 451 Å². The maximum atomic E-state index is 13.0. The van der Waals surface area contributed by atoms with Gasteiger partial charge in [0.25, 0.3) is 0 Å². The van der Waals surface area contributed by atoms with Crippen LogP contribution in [0, 0.1) is 0 Å². The predicted molar refractivity (Wildman–Crippen MR) is 363 cm³/mol. The van der Waals surface area contributed by atoms with E-state index >= 15 is 0 Å². The molecule has 0 aliphatic carbocycles. The van der Waals surface area contributed by atoms with Crippen molar-refractivity contribution in [1.29, 1.82) is 0 Å². The Kier molecular flexibility index (Phi) is 71.0. The Balaban J connectivity index is 4.24. The summed E-state index contributed by atoms with van der Waals surface area (Å²) in [6, 6.07) is 0. The third-order valence-corrected chi connectivity index (χ3v) is 17.8. The van der Waals surface area contributed by atoms with Gasteiger partial charge >= 0.3 is 17.9 Å². The molecule has 0 aliphatic heterocycles. The Morgan fingerprint density at radius 2 is 0.398 bits per heavy atom. The molecule has 0 N–H and O–H groups in total. The minimum absolute atomic E-state index is 0.0639. The van der Waals surface area contributed by atoms with E-state index in [4.69, 9.17) is 14.2 Å². The number of ether oxygens (including phenoxy) is 3. The first kappa shape index (κ1) is 81.2.